The first-order valence-electron chi connectivity index (χ1n) is 9.00. The first-order valence-corrected chi connectivity index (χ1v) is 9.00. The average Bonchev–Trinajstić information content (AvgIpc) is 3.10. The molecule has 1 aliphatic rings. The van der Waals surface area contributed by atoms with Crippen LogP contribution in [0.25, 0.3) is 10.9 Å². The van der Waals surface area contributed by atoms with E-state index in [1.165, 1.54) is 29.7 Å². The normalized spacial score (nSPS) is 18.5. The third-order valence-corrected chi connectivity index (χ3v) is 4.95. The van der Waals surface area contributed by atoms with Gasteiger partial charge in [0.25, 0.3) is 0 Å². The van der Waals surface area contributed by atoms with Gasteiger partial charge in [0, 0.05) is 36.7 Å². The summed E-state index contributed by atoms with van der Waals surface area (Å²) in [6, 6.07) is 15.5. The molecule has 3 aromatic rings. The summed E-state index contributed by atoms with van der Waals surface area (Å²) in [6.45, 7) is 3.82. The Morgan fingerprint density at radius 3 is 3.04 bits per heavy atom. The number of fused-ring (bicyclic) bond motifs is 1. The van der Waals surface area contributed by atoms with E-state index in [1.54, 1.807) is 0 Å². The van der Waals surface area contributed by atoms with Crippen molar-refractivity contribution in [3.63, 3.8) is 0 Å². The van der Waals surface area contributed by atoms with E-state index in [9.17, 15) is 0 Å². The van der Waals surface area contributed by atoms with Crippen molar-refractivity contribution in [1.29, 1.82) is 0 Å². The number of hydrogen-bond acceptors (Lipinski definition) is 4. The zero-order valence-corrected chi connectivity index (χ0v) is 14.4. The number of H-pyrrole nitrogens is 1. The topological polar surface area (TPSA) is 70.0 Å². The molecule has 0 amide bonds. The molecular formula is C20H25N5. The molecule has 4 rings (SSSR count). The van der Waals surface area contributed by atoms with E-state index in [0.717, 1.165) is 30.5 Å². The lowest BCUT2D eigenvalue weighted by atomic mass is 10.0. The van der Waals surface area contributed by atoms with Gasteiger partial charge < -0.3 is 11.1 Å². The summed E-state index contributed by atoms with van der Waals surface area (Å²) in [5, 5.41) is 11.9. The summed E-state index contributed by atoms with van der Waals surface area (Å²) < 4.78 is 0. The van der Waals surface area contributed by atoms with Crippen molar-refractivity contribution in [2.45, 2.75) is 32.0 Å². The van der Waals surface area contributed by atoms with Crippen LogP contribution in [0.15, 0.2) is 48.7 Å². The predicted octanol–water partition coefficient (Wildman–Crippen LogP) is 3.10. The van der Waals surface area contributed by atoms with Gasteiger partial charge in [-0.3, -0.25) is 10.00 Å². The number of benzene rings is 2. The fourth-order valence-corrected chi connectivity index (χ4v) is 3.70. The minimum absolute atomic E-state index is 0.482. The summed E-state index contributed by atoms with van der Waals surface area (Å²) in [5.74, 6) is 0. The Kier molecular flexibility index (Phi) is 4.68. The van der Waals surface area contributed by atoms with Crippen LogP contribution in [0.2, 0.25) is 0 Å². The Labute approximate surface area is 148 Å². The first kappa shape index (κ1) is 16.1. The van der Waals surface area contributed by atoms with Crippen LogP contribution in [0.5, 0.6) is 0 Å². The first-order chi connectivity index (χ1) is 12.3. The zero-order valence-electron chi connectivity index (χ0n) is 14.4. The van der Waals surface area contributed by atoms with Gasteiger partial charge in [-0.15, -0.1) is 0 Å². The molecule has 1 saturated heterocycles. The van der Waals surface area contributed by atoms with Crippen LogP contribution in [-0.2, 0) is 13.1 Å². The molecule has 1 aromatic heterocycles. The van der Waals surface area contributed by atoms with E-state index in [4.69, 9.17) is 5.73 Å². The monoisotopic (exact) mass is 335 g/mol. The molecular weight excluding hydrogens is 310 g/mol. The van der Waals surface area contributed by atoms with Gasteiger partial charge in [0.05, 0.1) is 11.7 Å². The van der Waals surface area contributed by atoms with E-state index < -0.39 is 0 Å². The fourth-order valence-electron chi connectivity index (χ4n) is 3.70. The lowest BCUT2D eigenvalue weighted by Gasteiger charge is -2.33. The molecule has 130 valence electrons. The van der Waals surface area contributed by atoms with Crippen LogP contribution in [-0.4, -0.2) is 34.2 Å². The molecule has 25 heavy (non-hydrogen) atoms. The van der Waals surface area contributed by atoms with Gasteiger partial charge in [0.15, 0.2) is 0 Å². The van der Waals surface area contributed by atoms with Gasteiger partial charge in [-0.25, -0.2) is 0 Å². The smallest absolute Gasteiger partial charge is 0.0651 e. The molecule has 0 radical (unpaired) electrons. The molecule has 1 atom stereocenters. The Morgan fingerprint density at radius 2 is 2.12 bits per heavy atom. The maximum atomic E-state index is 5.76. The van der Waals surface area contributed by atoms with Crippen LogP contribution in [0, 0.1) is 0 Å². The van der Waals surface area contributed by atoms with Crippen molar-refractivity contribution >= 4 is 16.6 Å². The molecule has 5 heteroatoms. The summed E-state index contributed by atoms with van der Waals surface area (Å²) in [6.07, 6.45) is 4.31. The highest BCUT2D eigenvalue weighted by molar-refractivity contribution is 5.81. The molecule has 1 aliphatic heterocycles. The van der Waals surface area contributed by atoms with E-state index >= 15 is 0 Å². The minimum Gasteiger partial charge on any atom is -0.381 e. The standard InChI is InChI=1S/C20H25N5/c21-11-15-3-1-4-16(9-15)13-25-8-2-5-19(14-25)23-18-6-7-20-17(10-18)12-22-24-20/h1,3-4,6-7,9-10,12,19,23H,2,5,8,11,13-14,21H2,(H,22,24)/t19-/m0/s1. The van der Waals surface area contributed by atoms with Gasteiger partial charge in [-0.05, 0) is 48.7 Å². The average molecular weight is 335 g/mol. The van der Waals surface area contributed by atoms with Crippen LogP contribution in [0.1, 0.15) is 24.0 Å². The third kappa shape index (κ3) is 3.83. The minimum atomic E-state index is 0.482. The Morgan fingerprint density at radius 1 is 1.20 bits per heavy atom. The number of nitrogens with zero attached hydrogens (tertiary/aromatic N) is 2. The molecule has 0 bridgehead atoms. The molecule has 2 heterocycles. The van der Waals surface area contributed by atoms with Gasteiger partial charge >= 0.3 is 0 Å². The maximum Gasteiger partial charge on any atom is 0.0651 e. The lowest BCUT2D eigenvalue weighted by Crippen LogP contribution is -2.41. The van der Waals surface area contributed by atoms with Crippen molar-refractivity contribution in [2.24, 2.45) is 5.73 Å². The Hall–Kier alpha value is -2.37. The van der Waals surface area contributed by atoms with Crippen LogP contribution >= 0.6 is 0 Å². The number of nitrogens with one attached hydrogen (secondary N) is 2. The van der Waals surface area contributed by atoms with Crippen molar-refractivity contribution in [3.05, 3.63) is 59.8 Å². The van der Waals surface area contributed by atoms with Gasteiger partial charge in [-0.2, -0.15) is 5.10 Å². The Balaban J connectivity index is 1.40. The summed E-state index contributed by atoms with van der Waals surface area (Å²) >= 11 is 0. The second-order valence-corrected chi connectivity index (χ2v) is 6.91. The number of aromatic amines is 1. The SMILES string of the molecule is NCc1cccc(CN2CCC[C@H](Nc3ccc4[nH]ncc4c3)C2)c1. The quantitative estimate of drug-likeness (QED) is 0.670. The highest BCUT2D eigenvalue weighted by Crippen LogP contribution is 2.21. The summed E-state index contributed by atoms with van der Waals surface area (Å²) in [7, 11) is 0. The highest BCUT2D eigenvalue weighted by atomic mass is 15.2. The van der Waals surface area contributed by atoms with Crippen molar-refractivity contribution in [2.75, 3.05) is 18.4 Å². The number of rotatable bonds is 5. The molecule has 0 spiro atoms. The number of likely N-dealkylation sites (tertiary alicyclic amines) is 1. The third-order valence-electron chi connectivity index (χ3n) is 4.95. The molecule has 5 nitrogen and oxygen atoms in total. The van der Waals surface area contributed by atoms with Crippen LogP contribution in [0.4, 0.5) is 5.69 Å². The largest absolute Gasteiger partial charge is 0.381 e. The van der Waals surface area contributed by atoms with Gasteiger partial charge in [-0.1, -0.05) is 24.3 Å². The molecule has 2 aromatic carbocycles. The van der Waals surface area contributed by atoms with E-state index in [1.807, 2.05) is 6.20 Å². The van der Waals surface area contributed by atoms with Crippen molar-refractivity contribution in [1.82, 2.24) is 15.1 Å². The summed E-state index contributed by atoms with van der Waals surface area (Å²) in [4.78, 5) is 2.53. The van der Waals surface area contributed by atoms with Gasteiger partial charge in [0.1, 0.15) is 0 Å². The molecule has 0 saturated carbocycles. The molecule has 4 N–H and O–H groups in total. The van der Waals surface area contributed by atoms with Gasteiger partial charge in [0.2, 0.25) is 0 Å². The Bertz CT molecular complexity index is 841. The molecule has 1 fully saturated rings. The highest BCUT2D eigenvalue weighted by Gasteiger charge is 2.20. The maximum absolute atomic E-state index is 5.76. The second-order valence-electron chi connectivity index (χ2n) is 6.91. The summed E-state index contributed by atoms with van der Waals surface area (Å²) in [5.41, 5.74) is 10.6. The van der Waals surface area contributed by atoms with E-state index in [0.29, 0.717) is 12.6 Å². The van der Waals surface area contributed by atoms with Crippen LogP contribution in [0.3, 0.4) is 0 Å². The zero-order chi connectivity index (χ0) is 17.1. The molecule has 0 unspecified atom stereocenters. The lowest BCUT2D eigenvalue weighted by molar-refractivity contribution is 0.208. The number of anilines is 1. The number of hydrogen-bond donors (Lipinski definition) is 3. The predicted molar refractivity (Wildman–Crippen MR) is 102 cm³/mol. The van der Waals surface area contributed by atoms with Crippen molar-refractivity contribution < 1.29 is 0 Å². The van der Waals surface area contributed by atoms with Crippen LogP contribution < -0.4 is 11.1 Å². The van der Waals surface area contributed by atoms with E-state index in [-0.39, 0.29) is 0 Å². The molecule has 0 aliphatic carbocycles. The van der Waals surface area contributed by atoms with Crippen molar-refractivity contribution in [3.8, 4) is 0 Å². The number of nitrogens with two attached hydrogens (primary N) is 1. The number of piperidine rings is 1. The second kappa shape index (κ2) is 7.25. The fraction of sp³-hybridized carbons (Fsp3) is 0.350. The number of aromatic nitrogens is 2. The van der Waals surface area contributed by atoms with E-state index in [2.05, 4.69) is 62.9 Å².